The topological polar surface area (TPSA) is 96.7 Å². The molecule has 0 bridgehead atoms. The van der Waals surface area contributed by atoms with E-state index in [4.69, 9.17) is 19.7 Å². The Morgan fingerprint density at radius 3 is 2.40 bits per heavy atom. The van der Waals surface area contributed by atoms with E-state index in [1.807, 2.05) is 27.8 Å². The van der Waals surface area contributed by atoms with Crippen molar-refractivity contribution >= 4 is 12.0 Å². The molecule has 3 unspecified atom stereocenters. The van der Waals surface area contributed by atoms with Gasteiger partial charge in [0.2, 0.25) is 0 Å². The van der Waals surface area contributed by atoms with Crippen molar-refractivity contribution in [2.45, 2.75) is 45.5 Å². The predicted octanol–water partition coefficient (Wildman–Crippen LogP) is 3.87. The first-order valence-electron chi connectivity index (χ1n) is 11.6. The van der Waals surface area contributed by atoms with Crippen LogP contribution in [0.2, 0.25) is 0 Å². The number of carbonyl (C=O) groups excluding carboxylic acids is 1. The molecule has 0 aliphatic carbocycles. The highest BCUT2D eigenvalue weighted by Gasteiger charge is 2.38. The number of hydrogen-bond donors (Lipinski definition) is 2. The van der Waals surface area contributed by atoms with Crippen LogP contribution in [0.5, 0.6) is 0 Å². The molecule has 1 aromatic carbocycles. The largest absolute Gasteiger partial charge is 0.490 e. The fourth-order valence-corrected chi connectivity index (χ4v) is 4.46. The predicted molar refractivity (Wildman–Crippen MR) is 122 cm³/mol. The van der Waals surface area contributed by atoms with Gasteiger partial charge in [0.25, 0.3) is 0 Å². The third-order valence-electron chi connectivity index (χ3n) is 5.89. The summed E-state index contributed by atoms with van der Waals surface area (Å²) >= 11 is 0. The van der Waals surface area contributed by atoms with Crippen molar-refractivity contribution in [3.8, 4) is 0 Å². The van der Waals surface area contributed by atoms with Gasteiger partial charge in [0.05, 0.1) is 25.4 Å². The molecule has 2 amide bonds. The maximum atomic E-state index is 12.6. The molecule has 35 heavy (non-hydrogen) atoms. The fourth-order valence-electron chi connectivity index (χ4n) is 4.46. The first kappa shape index (κ1) is 26.5. The van der Waals surface area contributed by atoms with Crippen molar-refractivity contribution in [2.75, 3.05) is 26.2 Å². The van der Waals surface area contributed by atoms with Gasteiger partial charge in [-0.2, -0.15) is 18.3 Å². The van der Waals surface area contributed by atoms with Crippen LogP contribution in [0.3, 0.4) is 0 Å². The number of alkyl halides is 3. The molecule has 192 valence electrons. The zero-order valence-corrected chi connectivity index (χ0v) is 19.8. The van der Waals surface area contributed by atoms with Gasteiger partial charge in [0, 0.05) is 19.3 Å². The Hall–Kier alpha value is -3.08. The molecule has 1 aromatic heterocycles. The fraction of sp³-hybridized carbons (Fsp3) is 0.542. The second-order valence-electron chi connectivity index (χ2n) is 9.17. The van der Waals surface area contributed by atoms with E-state index in [-0.39, 0.29) is 12.1 Å². The standard InChI is InChI=1S/C22H30N4O2.C2HF3O2/c1-16-10-17(2)13-25(12-16)22(27)23-11-20-21-19(8-9-28-20)15-26(24-21)14-18-6-4-3-5-7-18;3-2(4,5)1(6)7/h3-7,15-17,20H,8-14H2,1-2H3,(H,23,27);(H,6,7). The summed E-state index contributed by atoms with van der Waals surface area (Å²) in [6.45, 7) is 7.97. The van der Waals surface area contributed by atoms with Gasteiger partial charge in [0.15, 0.2) is 0 Å². The SMILES string of the molecule is CC1CC(C)CN(C(=O)NCC2OCCc3cn(Cc4ccccc4)nc32)C1.O=C(O)C(F)(F)F. The summed E-state index contributed by atoms with van der Waals surface area (Å²) in [5, 5.41) is 15.0. The monoisotopic (exact) mass is 496 g/mol. The van der Waals surface area contributed by atoms with Crippen LogP contribution in [-0.2, 0) is 22.5 Å². The van der Waals surface area contributed by atoms with Crippen molar-refractivity contribution < 1.29 is 32.6 Å². The number of likely N-dealkylation sites (tertiary alicyclic amines) is 1. The Kier molecular flexibility index (Phi) is 8.76. The summed E-state index contributed by atoms with van der Waals surface area (Å²) in [5.41, 5.74) is 3.41. The number of carboxylic acids is 1. The highest BCUT2D eigenvalue weighted by molar-refractivity contribution is 5.74. The number of urea groups is 1. The minimum Gasteiger partial charge on any atom is -0.475 e. The van der Waals surface area contributed by atoms with Crippen molar-refractivity contribution in [3.05, 3.63) is 53.3 Å². The maximum Gasteiger partial charge on any atom is 0.490 e. The quantitative estimate of drug-likeness (QED) is 0.670. The van der Waals surface area contributed by atoms with E-state index in [2.05, 4.69) is 37.5 Å². The van der Waals surface area contributed by atoms with Crippen LogP contribution in [0.4, 0.5) is 18.0 Å². The Morgan fingerprint density at radius 2 is 1.80 bits per heavy atom. The molecule has 0 saturated carbocycles. The molecule has 3 atom stereocenters. The minimum atomic E-state index is -5.08. The molecule has 1 saturated heterocycles. The van der Waals surface area contributed by atoms with E-state index in [1.54, 1.807) is 0 Å². The molecular weight excluding hydrogens is 465 g/mol. The van der Waals surface area contributed by atoms with Crippen LogP contribution in [0.25, 0.3) is 0 Å². The number of piperidine rings is 1. The first-order chi connectivity index (χ1) is 16.5. The lowest BCUT2D eigenvalue weighted by Crippen LogP contribution is -2.48. The number of carbonyl (C=O) groups is 2. The van der Waals surface area contributed by atoms with Gasteiger partial charge in [-0.3, -0.25) is 4.68 Å². The van der Waals surface area contributed by atoms with Crippen molar-refractivity contribution in [3.63, 3.8) is 0 Å². The van der Waals surface area contributed by atoms with Crippen LogP contribution in [0.1, 0.15) is 43.2 Å². The van der Waals surface area contributed by atoms with Crippen molar-refractivity contribution in [1.29, 1.82) is 0 Å². The van der Waals surface area contributed by atoms with E-state index < -0.39 is 12.1 Å². The van der Waals surface area contributed by atoms with Gasteiger partial charge in [0.1, 0.15) is 6.10 Å². The highest BCUT2D eigenvalue weighted by atomic mass is 19.4. The van der Waals surface area contributed by atoms with E-state index in [1.165, 1.54) is 17.5 Å². The van der Waals surface area contributed by atoms with Crippen LogP contribution in [-0.4, -0.2) is 64.2 Å². The molecule has 2 aromatic rings. The Bertz CT molecular complexity index is 986. The number of halogens is 3. The summed E-state index contributed by atoms with van der Waals surface area (Å²) in [7, 11) is 0. The zero-order chi connectivity index (χ0) is 25.6. The first-order valence-corrected chi connectivity index (χ1v) is 11.6. The molecule has 2 aliphatic heterocycles. The van der Waals surface area contributed by atoms with Gasteiger partial charge in [-0.25, -0.2) is 9.59 Å². The van der Waals surface area contributed by atoms with E-state index in [0.717, 1.165) is 31.7 Å². The summed E-state index contributed by atoms with van der Waals surface area (Å²) in [5.74, 6) is -1.64. The Balaban J connectivity index is 0.000000429. The summed E-state index contributed by atoms with van der Waals surface area (Å²) in [6, 6.07) is 10.3. The maximum absolute atomic E-state index is 12.6. The Morgan fingerprint density at radius 1 is 1.17 bits per heavy atom. The highest BCUT2D eigenvalue weighted by Crippen LogP contribution is 2.26. The number of carboxylic acid groups (broad SMARTS) is 1. The summed E-state index contributed by atoms with van der Waals surface area (Å²) < 4.78 is 39.7. The number of aliphatic carboxylic acids is 1. The van der Waals surface area contributed by atoms with Gasteiger partial charge in [-0.1, -0.05) is 44.2 Å². The smallest absolute Gasteiger partial charge is 0.475 e. The summed E-state index contributed by atoms with van der Waals surface area (Å²) in [4.78, 5) is 23.5. The molecule has 3 heterocycles. The third-order valence-corrected chi connectivity index (χ3v) is 5.89. The van der Waals surface area contributed by atoms with Gasteiger partial charge in [-0.15, -0.1) is 0 Å². The Labute approximate surface area is 202 Å². The second kappa shape index (κ2) is 11.6. The lowest BCUT2D eigenvalue weighted by molar-refractivity contribution is -0.192. The molecule has 0 radical (unpaired) electrons. The number of rotatable bonds is 4. The van der Waals surface area contributed by atoms with E-state index in [9.17, 15) is 18.0 Å². The lowest BCUT2D eigenvalue weighted by Gasteiger charge is -2.35. The summed E-state index contributed by atoms with van der Waals surface area (Å²) in [6.07, 6.45) is -1.08. The zero-order valence-electron chi connectivity index (χ0n) is 19.8. The molecule has 2 aliphatic rings. The average molecular weight is 497 g/mol. The van der Waals surface area contributed by atoms with Crippen LogP contribution < -0.4 is 5.32 Å². The van der Waals surface area contributed by atoms with Gasteiger partial charge < -0.3 is 20.1 Å². The molecule has 4 rings (SSSR count). The molecule has 0 spiro atoms. The normalized spacial score (nSPS) is 22.0. The lowest BCUT2D eigenvalue weighted by atomic mass is 9.92. The van der Waals surface area contributed by atoms with Crippen LogP contribution >= 0.6 is 0 Å². The van der Waals surface area contributed by atoms with Gasteiger partial charge in [-0.05, 0) is 35.8 Å². The molecule has 11 heteroatoms. The number of hydrogen-bond acceptors (Lipinski definition) is 4. The van der Waals surface area contributed by atoms with Crippen LogP contribution in [0, 0.1) is 11.8 Å². The average Bonchev–Trinajstić information content (AvgIpc) is 3.20. The number of aromatic nitrogens is 2. The number of benzene rings is 1. The van der Waals surface area contributed by atoms with E-state index in [0.29, 0.717) is 25.0 Å². The number of amides is 2. The third kappa shape index (κ3) is 7.71. The molecule has 1 fully saturated rings. The number of fused-ring (bicyclic) bond motifs is 1. The van der Waals surface area contributed by atoms with Crippen LogP contribution in [0.15, 0.2) is 36.5 Å². The molecule has 2 N–H and O–H groups in total. The van der Waals surface area contributed by atoms with Crippen molar-refractivity contribution in [2.24, 2.45) is 11.8 Å². The van der Waals surface area contributed by atoms with Gasteiger partial charge >= 0.3 is 18.2 Å². The second-order valence-corrected chi connectivity index (χ2v) is 9.17. The van der Waals surface area contributed by atoms with E-state index >= 15 is 0 Å². The number of ether oxygens (including phenoxy) is 1. The number of nitrogens with one attached hydrogen (secondary N) is 1. The molecular formula is C24H31F3N4O4. The number of nitrogens with zero attached hydrogens (tertiary/aromatic N) is 3. The minimum absolute atomic E-state index is 0.0119. The van der Waals surface area contributed by atoms with Crippen molar-refractivity contribution in [1.82, 2.24) is 20.0 Å². The molecule has 8 nitrogen and oxygen atoms in total.